The summed E-state index contributed by atoms with van der Waals surface area (Å²) in [5.41, 5.74) is 0. The van der Waals surface area contributed by atoms with Crippen LogP contribution in [0.15, 0.2) is 0 Å². The second kappa shape index (κ2) is 14.1. The van der Waals surface area contributed by atoms with E-state index < -0.39 is 4.75 Å². The van der Waals surface area contributed by atoms with Crippen LogP contribution in [0.1, 0.15) is 85.0 Å². The van der Waals surface area contributed by atoms with Gasteiger partial charge in [-0.3, -0.25) is 4.79 Å². The SMILES string of the molecule is CCCCCCCCCCCCSC(=S)SC(C)(C)C(=O)Cl. The summed E-state index contributed by atoms with van der Waals surface area (Å²) >= 11 is 13.9. The van der Waals surface area contributed by atoms with Crippen LogP contribution in [0.3, 0.4) is 0 Å². The molecule has 130 valence electrons. The lowest BCUT2D eigenvalue weighted by Crippen LogP contribution is -2.24. The molecule has 0 radical (unpaired) electrons. The summed E-state index contributed by atoms with van der Waals surface area (Å²) in [6.07, 6.45) is 13.5. The summed E-state index contributed by atoms with van der Waals surface area (Å²) < 4.78 is 0.221. The van der Waals surface area contributed by atoms with Crippen LogP contribution in [0.4, 0.5) is 0 Å². The Morgan fingerprint density at radius 2 is 1.41 bits per heavy atom. The van der Waals surface area contributed by atoms with Gasteiger partial charge in [0, 0.05) is 0 Å². The highest BCUT2D eigenvalue weighted by molar-refractivity contribution is 8.47. The summed E-state index contributed by atoms with van der Waals surface area (Å²) in [6, 6.07) is 0. The Kier molecular flexibility index (Phi) is 14.6. The quantitative estimate of drug-likeness (QED) is 0.190. The van der Waals surface area contributed by atoms with Crippen LogP contribution < -0.4 is 0 Å². The molecule has 0 aromatic carbocycles. The van der Waals surface area contributed by atoms with Gasteiger partial charge < -0.3 is 0 Å². The number of unbranched alkanes of at least 4 members (excludes halogenated alkanes) is 9. The topological polar surface area (TPSA) is 17.1 Å². The largest absolute Gasteiger partial charge is 0.280 e. The molecule has 0 rings (SSSR count). The summed E-state index contributed by atoms with van der Waals surface area (Å²) in [6.45, 7) is 5.90. The van der Waals surface area contributed by atoms with E-state index in [9.17, 15) is 4.79 Å². The minimum absolute atomic E-state index is 0.334. The van der Waals surface area contributed by atoms with Crippen molar-refractivity contribution in [3.63, 3.8) is 0 Å². The van der Waals surface area contributed by atoms with Crippen molar-refractivity contribution in [3.05, 3.63) is 0 Å². The lowest BCUT2D eigenvalue weighted by atomic mass is 10.1. The third kappa shape index (κ3) is 13.2. The first-order valence-electron chi connectivity index (χ1n) is 8.46. The minimum Gasteiger partial charge on any atom is -0.280 e. The smallest absolute Gasteiger partial charge is 0.237 e. The standard InChI is InChI=1S/C17H31ClOS3/c1-4-5-6-7-8-9-10-11-12-13-14-21-16(20)22-17(2,3)15(18)19/h4-14H2,1-3H3. The second-order valence-corrected chi connectivity index (χ2v) is 10.4. The number of thiocarbonyl (C=S) groups is 1. The zero-order valence-corrected chi connectivity index (χ0v) is 17.5. The molecule has 0 aliphatic carbocycles. The Hall–Kier alpha value is 0.750. The summed E-state index contributed by atoms with van der Waals surface area (Å²) in [4.78, 5) is 11.2. The van der Waals surface area contributed by atoms with E-state index in [1.54, 1.807) is 11.8 Å². The normalized spacial score (nSPS) is 11.6. The molecule has 0 unspecified atom stereocenters. The zero-order valence-electron chi connectivity index (χ0n) is 14.3. The maximum Gasteiger partial charge on any atom is 0.237 e. The Bertz CT molecular complexity index is 319. The van der Waals surface area contributed by atoms with Crippen LogP contribution in [0.2, 0.25) is 0 Å². The fourth-order valence-electron chi connectivity index (χ4n) is 2.02. The molecule has 0 N–H and O–H groups in total. The van der Waals surface area contributed by atoms with E-state index in [0.29, 0.717) is 0 Å². The van der Waals surface area contributed by atoms with Crippen molar-refractivity contribution in [3.8, 4) is 0 Å². The molecule has 0 fully saturated rings. The average Bonchev–Trinajstić information content (AvgIpc) is 2.44. The molecule has 0 atom stereocenters. The van der Waals surface area contributed by atoms with Gasteiger partial charge >= 0.3 is 0 Å². The maximum atomic E-state index is 11.2. The van der Waals surface area contributed by atoms with Gasteiger partial charge in [-0.2, -0.15) is 0 Å². The van der Waals surface area contributed by atoms with E-state index in [1.165, 1.54) is 76.0 Å². The van der Waals surface area contributed by atoms with Crippen molar-refractivity contribution in [2.75, 3.05) is 5.75 Å². The molecular weight excluding hydrogens is 352 g/mol. The van der Waals surface area contributed by atoms with E-state index in [-0.39, 0.29) is 5.24 Å². The average molecular weight is 383 g/mol. The molecule has 0 heterocycles. The number of hydrogen-bond acceptors (Lipinski definition) is 4. The van der Waals surface area contributed by atoms with Gasteiger partial charge in [-0.05, 0) is 37.6 Å². The Morgan fingerprint density at radius 3 is 1.86 bits per heavy atom. The van der Waals surface area contributed by atoms with Gasteiger partial charge in [0.05, 0.1) is 4.75 Å². The molecule has 5 heteroatoms. The van der Waals surface area contributed by atoms with Crippen molar-refractivity contribution in [1.29, 1.82) is 0 Å². The van der Waals surface area contributed by atoms with Gasteiger partial charge in [-0.15, -0.1) is 11.8 Å². The van der Waals surface area contributed by atoms with Gasteiger partial charge in [-0.25, -0.2) is 0 Å². The number of rotatable bonds is 13. The minimum atomic E-state index is -0.608. The molecule has 0 aromatic rings. The summed E-state index contributed by atoms with van der Waals surface area (Å²) in [5.74, 6) is 1.05. The van der Waals surface area contributed by atoms with Crippen LogP contribution >= 0.6 is 47.3 Å². The van der Waals surface area contributed by atoms with Crippen molar-refractivity contribution in [2.24, 2.45) is 0 Å². The van der Waals surface area contributed by atoms with Crippen LogP contribution in [0.25, 0.3) is 0 Å². The molecule has 0 bridgehead atoms. The molecule has 0 amide bonds. The molecule has 0 aliphatic rings. The third-order valence-electron chi connectivity index (χ3n) is 3.53. The fourth-order valence-corrected chi connectivity index (χ4v) is 5.14. The first-order chi connectivity index (χ1) is 10.4. The highest BCUT2D eigenvalue weighted by atomic mass is 35.5. The molecule has 1 nitrogen and oxygen atoms in total. The fraction of sp³-hybridized carbons (Fsp3) is 0.882. The highest BCUT2D eigenvalue weighted by Gasteiger charge is 2.28. The number of halogens is 1. The van der Waals surface area contributed by atoms with Gasteiger partial charge in [0.15, 0.2) is 0 Å². The van der Waals surface area contributed by atoms with Crippen LogP contribution in [0, 0.1) is 0 Å². The Balaban J connectivity index is 3.39. The molecule has 0 saturated heterocycles. The maximum absolute atomic E-state index is 11.2. The van der Waals surface area contributed by atoms with Gasteiger partial charge in [0.2, 0.25) is 5.24 Å². The predicted molar refractivity (Wildman–Crippen MR) is 109 cm³/mol. The predicted octanol–water partition coefficient (Wildman–Crippen LogP) is 7.20. The number of carbonyl (C=O) groups is 1. The number of carbonyl (C=O) groups excluding carboxylic acids is 1. The number of hydrogen-bond donors (Lipinski definition) is 0. The molecule has 0 saturated carbocycles. The third-order valence-corrected chi connectivity index (χ3v) is 6.91. The molecule has 0 aliphatic heterocycles. The van der Waals surface area contributed by atoms with Crippen LogP contribution in [0.5, 0.6) is 0 Å². The lowest BCUT2D eigenvalue weighted by molar-refractivity contribution is -0.113. The lowest BCUT2D eigenvalue weighted by Gasteiger charge is -2.18. The second-order valence-electron chi connectivity index (χ2n) is 6.17. The van der Waals surface area contributed by atoms with E-state index in [1.807, 2.05) is 13.8 Å². The van der Waals surface area contributed by atoms with Crippen molar-refractivity contribution in [1.82, 2.24) is 0 Å². The van der Waals surface area contributed by atoms with Crippen LogP contribution in [-0.4, -0.2) is 19.3 Å². The summed E-state index contributed by atoms with van der Waals surface area (Å²) in [5, 5.41) is -0.334. The number of thioether (sulfide) groups is 2. The first-order valence-corrected chi connectivity index (χ1v) is 11.0. The summed E-state index contributed by atoms with van der Waals surface area (Å²) in [7, 11) is 0. The first kappa shape index (κ1) is 22.8. The highest BCUT2D eigenvalue weighted by Crippen LogP contribution is 2.33. The van der Waals surface area contributed by atoms with E-state index >= 15 is 0 Å². The molecular formula is C17H31ClOS3. The van der Waals surface area contributed by atoms with E-state index in [0.717, 1.165) is 9.28 Å². The van der Waals surface area contributed by atoms with Crippen LogP contribution in [-0.2, 0) is 4.79 Å². The Morgan fingerprint density at radius 1 is 0.955 bits per heavy atom. The van der Waals surface area contributed by atoms with Crippen molar-refractivity contribution < 1.29 is 4.79 Å². The van der Waals surface area contributed by atoms with E-state index in [4.69, 9.17) is 23.8 Å². The van der Waals surface area contributed by atoms with Crippen molar-refractivity contribution >= 4 is 56.1 Å². The monoisotopic (exact) mass is 382 g/mol. The van der Waals surface area contributed by atoms with Gasteiger partial charge in [-0.1, -0.05) is 88.7 Å². The molecule has 0 spiro atoms. The van der Waals surface area contributed by atoms with Gasteiger partial charge in [0.1, 0.15) is 3.53 Å². The molecule has 0 aromatic heterocycles. The molecule has 22 heavy (non-hydrogen) atoms. The van der Waals surface area contributed by atoms with Gasteiger partial charge in [0.25, 0.3) is 0 Å². The van der Waals surface area contributed by atoms with E-state index in [2.05, 4.69) is 6.92 Å². The van der Waals surface area contributed by atoms with Crippen molar-refractivity contribution in [2.45, 2.75) is 89.7 Å². The zero-order chi connectivity index (χ0) is 16.8. The Labute approximate surface area is 156 Å².